The van der Waals surface area contributed by atoms with Gasteiger partial charge in [0.25, 0.3) is 0 Å². The number of imidazole rings is 1. The Balaban J connectivity index is 1.42. The van der Waals surface area contributed by atoms with Crippen LogP contribution in [0, 0.1) is 0 Å². The van der Waals surface area contributed by atoms with E-state index in [0.717, 1.165) is 81.6 Å². The molecule has 3 nitrogen and oxygen atoms in total. The third-order valence-electron chi connectivity index (χ3n) is 10.0. The summed E-state index contributed by atoms with van der Waals surface area (Å²) < 4.78 is 18.7. The fourth-order valence-corrected chi connectivity index (χ4v) is 11.0. The molecule has 0 radical (unpaired) electrons. The third kappa shape index (κ3) is 4.03. The minimum absolute atomic E-state index is 0.816. The lowest BCUT2D eigenvalue weighted by Crippen LogP contribution is -2.27. The second-order valence-corrected chi connectivity index (χ2v) is 15.3. The quantitative estimate of drug-likeness (QED) is 0.141. The third-order valence-corrected chi connectivity index (χ3v) is 13.2. The Kier molecular flexibility index (Phi) is 6.15. The molecule has 0 unspecified atom stereocenters. The maximum Gasteiger partial charge on any atom is 0.172 e. The number of rotatable bonds is 4. The summed E-state index contributed by atoms with van der Waals surface area (Å²) in [5.74, 6) is 0. The van der Waals surface area contributed by atoms with E-state index >= 15 is 4.57 Å². The molecular weight excluding hydrogens is 615 g/mol. The normalized spacial score (nSPS) is 12.2. The van der Waals surface area contributed by atoms with Crippen LogP contribution in [0.25, 0.3) is 71.0 Å². The van der Waals surface area contributed by atoms with E-state index in [1.807, 2.05) is 66.7 Å². The summed E-state index contributed by atoms with van der Waals surface area (Å²) in [6.07, 6.45) is 0. The van der Waals surface area contributed by atoms with E-state index in [9.17, 15) is 0 Å². The van der Waals surface area contributed by atoms with E-state index < -0.39 is 7.14 Å². The number of hydrogen-bond donors (Lipinski definition) is 0. The van der Waals surface area contributed by atoms with Gasteiger partial charge >= 0.3 is 0 Å². The van der Waals surface area contributed by atoms with E-state index in [1.165, 1.54) is 5.39 Å². The van der Waals surface area contributed by atoms with Gasteiger partial charge < -0.3 is 4.57 Å². The van der Waals surface area contributed by atoms with Crippen molar-refractivity contribution in [2.24, 2.45) is 0 Å². The predicted molar refractivity (Wildman–Crippen MR) is 208 cm³/mol. The molecule has 0 saturated heterocycles. The van der Waals surface area contributed by atoms with E-state index in [0.29, 0.717) is 0 Å². The molecule has 8 aromatic carbocycles. The number of para-hydroxylation sites is 3. The van der Waals surface area contributed by atoms with E-state index in [2.05, 4.69) is 114 Å². The lowest BCUT2D eigenvalue weighted by molar-refractivity contribution is 0.592. The van der Waals surface area contributed by atoms with Gasteiger partial charge in [-0.05, 0) is 56.8 Å². The highest BCUT2D eigenvalue weighted by Gasteiger charge is 2.35. The molecule has 0 N–H and O–H groups in total. The molecule has 0 fully saturated rings. The second-order valence-electron chi connectivity index (χ2n) is 12.6. The van der Waals surface area contributed by atoms with Crippen molar-refractivity contribution in [1.29, 1.82) is 0 Å². The van der Waals surface area contributed by atoms with Crippen molar-refractivity contribution < 1.29 is 4.57 Å². The molecule has 2 heterocycles. The first-order chi connectivity index (χ1) is 24.2. The molecule has 2 aromatic heterocycles. The summed E-state index contributed by atoms with van der Waals surface area (Å²) >= 11 is 0. The topological polar surface area (TPSA) is 34.4 Å². The van der Waals surface area contributed by atoms with Gasteiger partial charge in [-0.1, -0.05) is 152 Å². The van der Waals surface area contributed by atoms with Crippen molar-refractivity contribution in [3.8, 4) is 11.1 Å². The molecule has 0 bridgehead atoms. The standard InChI is InChI=1S/C45H29N2OP/c48-49(31-15-3-1-4-16-31,32-17-5-2-6-18-32)44-38-23-10-8-20-34(38)33-19-7-9-22-37(33)43(44)30-27-28-35-36-21-11-13-25-41(36)47-42-26-14-12-24-40(42)46-45(47)39(35)29-30/h1-29H. The SMILES string of the molecule is O=P(c1ccccc1)(c1ccccc1)c1c(-c2ccc3c4ccccc4n4c5ccccc5nc4c3c2)c2ccccc2c2ccccc12. The van der Waals surface area contributed by atoms with Gasteiger partial charge in [-0.25, -0.2) is 4.98 Å². The molecule has 4 heteroatoms. The first-order valence-corrected chi connectivity index (χ1v) is 18.3. The summed E-state index contributed by atoms with van der Waals surface area (Å²) in [5, 5.41) is 10.2. The Morgan fingerprint density at radius 1 is 0.429 bits per heavy atom. The number of benzene rings is 8. The first-order valence-electron chi connectivity index (χ1n) is 16.6. The summed E-state index contributed by atoms with van der Waals surface area (Å²) in [6.45, 7) is 0. The highest BCUT2D eigenvalue weighted by molar-refractivity contribution is 7.86. The molecule has 0 amide bonds. The van der Waals surface area contributed by atoms with Gasteiger partial charge in [0.1, 0.15) is 5.65 Å². The summed E-state index contributed by atoms with van der Waals surface area (Å²) in [7, 11) is -3.42. The molecule has 0 saturated carbocycles. The van der Waals surface area contributed by atoms with Gasteiger partial charge in [-0.15, -0.1) is 0 Å². The maximum atomic E-state index is 16.4. The number of hydrogen-bond acceptors (Lipinski definition) is 2. The Hall–Kier alpha value is -6.02. The summed E-state index contributed by atoms with van der Waals surface area (Å²) in [5.41, 5.74) is 6.09. The molecule has 49 heavy (non-hydrogen) atoms. The number of pyridine rings is 1. The molecule has 0 aliphatic heterocycles. The predicted octanol–water partition coefficient (Wildman–Crippen LogP) is 10.4. The van der Waals surface area contributed by atoms with Crippen LogP contribution >= 0.6 is 7.14 Å². The molecule has 0 aliphatic carbocycles. The molecule has 0 spiro atoms. The zero-order chi connectivity index (χ0) is 32.5. The van der Waals surface area contributed by atoms with Crippen molar-refractivity contribution >= 4 is 83.0 Å². The average Bonchev–Trinajstić information content (AvgIpc) is 3.58. The lowest BCUT2D eigenvalue weighted by Gasteiger charge is -2.26. The summed E-state index contributed by atoms with van der Waals surface area (Å²) in [6, 6.07) is 60.7. The Morgan fingerprint density at radius 3 is 1.63 bits per heavy atom. The maximum absolute atomic E-state index is 16.4. The molecule has 0 atom stereocenters. The van der Waals surface area contributed by atoms with Crippen molar-refractivity contribution in [2.75, 3.05) is 0 Å². The van der Waals surface area contributed by atoms with Gasteiger partial charge in [-0.3, -0.25) is 4.40 Å². The smallest absolute Gasteiger partial charge is 0.172 e. The lowest BCUT2D eigenvalue weighted by atomic mass is 9.91. The van der Waals surface area contributed by atoms with Gasteiger partial charge in [-0.2, -0.15) is 0 Å². The van der Waals surface area contributed by atoms with E-state index in [-0.39, 0.29) is 0 Å². The van der Waals surface area contributed by atoms with Crippen LogP contribution < -0.4 is 15.9 Å². The highest BCUT2D eigenvalue weighted by Crippen LogP contribution is 2.50. The van der Waals surface area contributed by atoms with Crippen LogP contribution in [0.15, 0.2) is 176 Å². The summed E-state index contributed by atoms with van der Waals surface area (Å²) in [4.78, 5) is 5.22. The highest BCUT2D eigenvalue weighted by atomic mass is 31.2. The minimum Gasteiger partial charge on any atom is -0.309 e. The van der Waals surface area contributed by atoms with Gasteiger partial charge in [0.2, 0.25) is 0 Å². The van der Waals surface area contributed by atoms with Gasteiger partial charge in [0, 0.05) is 32.2 Å². The molecule has 0 aliphatic rings. The zero-order valence-electron chi connectivity index (χ0n) is 26.5. The molecule has 10 aromatic rings. The Labute approximate surface area is 283 Å². The Morgan fingerprint density at radius 2 is 0.939 bits per heavy atom. The molecule has 230 valence electrons. The first kappa shape index (κ1) is 28.0. The zero-order valence-corrected chi connectivity index (χ0v) is 27.4. The number of fused-ring (bicyclic) bond motifs is 11. The van der Waals surface area contributed by atoms with Crippen LogP contribution in [0.1, 0.15) is 0 Å². The van der Waals surface area contributed by atoms with Crippen molar-refractivity contribution in [1.82, 2.24) is 9.38 Å². The van der Waals surface area contributed by atoms with Gasteiger partial charge in [0.05, 0.1) is 16.6 Å². The van der Waals surface area contributed by atoms with E-state index in [1.54, 1.807) is 0 Å². The van der Waals surface area contributed by atoms with Crippen LogP contribution in [0.5, 0.6) is 0 Å². The largest absolute Gasteiger partial charge is 0.309 e. The fraction of sp³-hybridized carbons (Fsp3) is 0. The average molecular weight is 645 g/mol. The second kappa shape index (κ2) is 10.8. The van der Waals surface area contributed by atoms with Crippen LogP contribution in [-0.2, 0) is 4.57 Å². The molecule has 10 rings (SSSR count). The fourth-order valence-electron chi connectivity index (χ4n) is 7.89. The minimum atomic E-state index is -3.42. The Bertz CT molecular complexity index is 2920. The number of nitrogens with zero attached hydrogens (tertiary/aromatic N) is 2. The van der Waals surface area contributed by atoms with Crippen molar-refractivity contribution in [3.05, 3.63) is 176 Å². The number of aromatic nitrogens is 2. The van der Waals surface area contributed by atoms with Crippen LogP contribution in [0.4, 0.5) is 0 Å². The van der Waals surface area contributed by atoms with Crippen molar-refractivity contribution in [2.45, 2.75) is 0 Å². The molecular formula is C45H29N2OP. The van der Waals surface area contributed by atoms with Crippen LogP contribution in [0.2, 0.25) is 0 Å². The monoisotopic (exact) mass is 644 g/mol. The van der Waals surface area contributed by atoms with Crippen LogP contribution in [-0.4, -0.2) is 9.38 Å². The van der Waals surface area contributed by atoms with Crippen molar-refractivity contribution in [3.63, 3.8) is 0 Å². The van der Waals surface area contributed by atoms with E-state index in [4.69, 9.17) is 4.98 Å². The van der Waals surface area contributed by atoms with Crippen LogP contribution in [0.3, 0.4) is 0 Å². The van der Waals surface area contributed by atoms with Gasteiger partial charge in [0.15, 0.2) is 7.14 Å².